The first-order chi connectivity index (χ1) is 10.6. The molecular formula is C18H18N2O2. The van der Waals surface area contributed by atoms with Crippen LogP contribution in [0.3, 0.4) is 0 Å². The fourth-order valence-corrected chi connectivity index (χ4v) is 2.15. The molecule has 0 N–H and O–H groups in total. The summed E-state index contributed by atoms with van der Waals surface area (Å²) >= 11 is 0. The second-order valence-electron chi connectivity index (χ2n) is 5.05. The van der Waals surface area contributed by atoms with E-state index in [0.29, 0.717) is 17.9 Å². The lowest BCUT2D eigenvalue weighted by Crippen LogP contribution is -2.37. The number of carbonyl (C=O) groups is 1. The van der Waals surface area contributed by atoms with Crippen LogP contribution >= 0.6 is 0 Å². The lowest BCUT2D eigenvalue weighted by Gasteiger charge is -2.22. The van der Waals surface area contributed by atoms with Crippen LogP contribution < -0.4 is 4.74 Å². The van der Waals surface area contributed by atoms with Crippen molar-refractivity contribution in [2.24, 2.45) is 0 Å². The Morgan fingerprint density at radius 3 is 2.50 bits per heavy atom. The number of carbonyl (C=O) groups excluding carboxylic acids is 1. The number of hydrogen-bond acceptors (Lipinski definition) is 3. The number of para-hydroxylation sites is 1. The minimum absolute atomic E-state index is 0.128. The van der Waals surface area contributed by atoms with Gasteiger partial charge in [0.1, 0.15) is 11.8 Å². The number of benzene rings is 2. The van der Waals surface area contributed by atoms with Crippen LogP contribution in [0.2, 0.25) is 0 Å². The van der Waals surface area contributed by atoms with Crippen LogP contribution in [-0.4, -0.2) is 24.0 Å². The largest absolute Gasteiger partial charge is 0.480 e. The van der Waals surface area contributed by atoms with Crippen LogP contribution in [0, 0.1) is 11.3 Å². The molecule has 2 aromatic rings. The fourth-order valence-electron chi connectivity index (χ4n) is 2.15. The molecule has 0 saturated heterocycles. The van der Waals surface area contributed by atoms with Crippen LogP contribution in [-0.2, 0) is 11.3 Å². The molecule has 0 fully saturated rings. The van der Waals surface area contributed by atoms with E-state index in [4.69, 9.17) is 10.00 Å². The molecule has 1 amide bonds. The highest BCUT2D eigenvalue weighted by Crippen LogP contribution is 2.18. The molecule has 0 radical (unpaired) electrons. The quantitative estimate of drug-likeness (QED) is 0.852. The number of likely N-dealkylation sites (N-methyl/N-ethyl adjacent to an activating group) is 1. The summed E-state index contributed by atoms with van der Waals surface area (Å²) < 4.78 is 5.64. The predicted molar refractivity (Wildman–Crippen MR) is 84.2 cm³/mol. The molecule has 0 aliphatic heterocycles. The molecular weight excluding hydrogens is 276 g/mol. The molecule has 2 rings (SSSR count). The average molecular weight is 294 g/mol. The first-order valence-electron chi connectivity index (χ1n) is 7.06. The third-order valence-electron chi connectivity index (χ3n) is 3.30. The van der Waals surface area contributed by atoms with Crippen LogP contribution in [0.25, 0.3) is 0 Å². The van der Waals surface area contributed by atoms with Gasteiger partial charge in [-0.25, -0.2) is 0 Å². The van der Waals surface area contributed by atoms with E-state index in [1.54, 1.807) is 43.1 Å². The molecule has 0 bridgehead atoms. The standard InChI is InChI=1S/C18H18N2O2/c1-14(22-17-11-7-6-10-16(17)12-19)18(21)20(2)13-15-8-4-3-5-9-15/h3-11,14H,13H2,1-2H3. The van der Waals surface area contributed by atoms with Gasteiger partial charge in [-0.1, -0.05) is 42.5 Å². The molecule has 4 heteroatoms. The predicted octanol–water partition coefficient (Wildman–Crippen LogP) is 2.98. The van der Waals surface area contributed by atoms with E-state index >= 15 is 0 Å². The lowest BCUT2D eigenvalue weighted by atomic mass is 10.2. The van der Waals surface area contributed by atoms with E-state index < -0.39 is 6.10 Å². The summed E-state index contributed by atoms with van der Waals surface area (Å²) in [6.07, 6.45) is -0.650. The molecule has 112 valence electrons. The van der Waals surface area contributed by atoms with E-state index in [1.807, 2.05) is 30.3 Å². The van der Waals surface area contributed by atoms with Crippen molar-refractivity contribution in [1.82, 2.24) is 4.90 Å². The van der Waals surface area contributed by atoms with Gasteiger partial charge >= 0.3 is 0 Å². The van der Waals surface area contributed by atoms with Crippen molar-refractivity contribution < 1.29 is 9.53 Å². The summed E-state index contributed by atoms with van der Waals surface area (Å²) in [5.41, 5.74) is 1.48. The Morgan fingerprint density at radius 1 is 1.18 bits per heavy atom. The lowest BCUT2D eigenvalue weighted by molar-refractivity contribution is -0.137. The first kappa shape index (κ1) is 15.6. The summed E-state index contributed by atoms with van der Waals surface area (Å²) in [5, 5.41) is 9.05. The van der Waals surface area contributed by atoms with Crippen molar-refractivity contribution >= 4 is 5.91 Å². The van der Waals surface area contributed by atoms with Gasteiger partial charge in [-0.2, -0.15) is 5.26 Å². The molecule has 1 atom stereocenters. The zero-order valence-corrected chi connectivity index (χ0v) is 12.7. The summed E-state index contributed by atoms with van der Waals surface area (Å²) in [6.45, 7) is 2.21. The Morgan fingerprint density at radius 2 is 1.82 bits per heavy atom. The van der Waals surface area contributed by atoms with Crippen molar-refractivity contribution in [2.75, 3.05) is 7.05 Å². The molecule has 1 unspecified atom stereocenters. The Bertz CT molecular complexity index is 677. The number of ether oxygens (including phenoxy) is 1. The SMILES string of the molecule is CC(Oc1ccccc1C#N)C(=O)N(C)Cc1ccccc1. The van der Waals surface area contributed by atoms with E-state index in [1.165, 1.54) is 0 Å². The maximum atomic E-state index is 12.4. The van der Waals surface area contributed by atoms with Crippen molar-refractivity contribution in [3.05, 3.63) is 65.7 Å². The maximum absolute atomic E-state index is 12.4. The van der Waals surface area contributed by atoms with Gasteiger partial charge in [0.05, 0.1) is 5.56 Å². The van der Waals surface area contributed by atoms with E-state index in [0.717, 1.165) is 5.56 Å². The number of amides is 1. The van der Waals surface area contributed by atoms with Gasteiger partial charge in [0.2, 0.25) is 0 Å². The maximum Gasteiger partial charge on any atom is 0.263 e. The van der Waals surface area contributed by atoms with Gasteiger partial charge < -0.3 is 9.64 Å². The Balaban J connectivity index is 2.01. The third kappa shape index (κ3) is 3.86. The third-order valence-corrected chi connectivity index (χ3v) is 3.30. The molecule has 0 saturated carbocycles. The van der Waals surface area contributed by atoms with Gasteiger partial charge in [-0.15, -0.1) is 0 Å². The molecule has 0 heterocycles. The van der Waals surface area contributed by atoms with Crippen molar-refractivity contribution in [2.45, 2.75) is 19.6 Å². The zero-order chi connectivity index (χ0) is 15.9. The van der Waals surface area contributed by atoms with Crippen LogP contribution in [0.5, 0.6) is 5.75 Å². The smallest absolute Gasteiger partial charge is 0.263 e. The number of rotatable bonds is 5. The number of nitrogens with zero attached hydrogens (tertiary/aromatic N) is 2. The minimum atomic E-state index is -0.650. The Kier molecular flexibility index (Phi) is 5.16. The van der Waals surface area contributed by atoms with Crippen LogP contribution in [0.4, 0.5) is 0 Å². The Labute approximate surface area is 130 Å². The molecule has 4 nitrogen and oxygen atoms in total. The first-order valence-corrected chi connectivity index (χ1v) is 7.06. The van der Waals surface area contributed by atoms with Gasteiger partial charge in [-0.3, -0.25) is 4.79 Å². The monoisotopic (exact) mass is 294 g/mol. The summed E-state index contributed by atoms with van der Waals surface area (Å²) in [4.78, 5) is 14.0. The van der Waals surface area contributed by atoms with Gasteiger partial charge in [-0.05, 0) is 24.6 Å². The van der Waals surface area contributed by atoms with Crippen molar-refractivity contribution in [3.63, 3.8) is 0 Å². The highest BCUT2D eigenvalue weighted by atomic mass is 16.5. The average Bonchev–Trinajstić information content (AvgIpc) is 2.55. The van der Waals surface area contributed by atoms with Crippen molar-refractivity contribution in [3.8, 4) is 11.8 Å². The van der Waals surface area contributed by atoms with Gasteiger partial charge in [0.25, 0.3) is 5.91 Å². The second-order valence-corrected chi connectivity index (χ2v) is 5.05. The van der Waals surface area contributed by atoms with E-state index in [9.17, 15) is 4.79 Å². The molecule has 0 aliphatic carbocycles. The summed E-state index contributed by atoms with van der Waals surface area (Å²) in [6, 6.07) is 18.7. The number of nitriles is 1. The highest BCUT2D eigenvalue weighted by Gasteiger charge is 2.20. The van der Waals surface area contributed by atoms with Crippen LogP contribution in [0.15, 0.2) is 54.6 Å². The van der Waals surface area contributed by atoms with Gasteiger partial charge in [0, 0.05) is 13.6 Å². The molecule has 0 aromatic heterocycles. The van der Waals surface area contributed by atoms with E-state index in [2.05, 4.69) is 6.07 Å². The summed E-state index contributed by atoms with van der Waals surface area (Å²) in [7, 11) is 1.74. The number of hydrogen-bond donors (Lipinski definition) is 0. The second kappa shape index (κ2) is 7.28. The molecule has 2 aromatic carbocycles. The van der Waals surface area contributed by atoms with E-state index in [-0.39, 0.29) is 5.91 Å². The van der Waals surface area contributed by atoms with Crippen LogP contribution in [0.1, 0.15) is 18.1 Å². The topological polar surface area (TPSA) is 53.3 Å². The minimum Gasteiger partial charge on any atom is -0.480 e. The molecule has 0 spiro atoms. The zero-order valence-electron chi connectivity index (χ0n) is 12.7. The van der Waals surface area contributed by atoms with Gasteiger partial charge in [0.15, 0.2) is 6.10 Å². The van der Waals surface area contributed by atoms with Crippen molar-refractivity contribution in [1.29, 1.82) is 5.26 Å². The Hall–Kier alpha value is -2.80. The molecule has 0 aliphatic rings. The molecule has 22 heavy (non-hydrogen) atoms. The fraction of sp³-hybridized carbons (Fsp3) is 0.222. The summed E-state index contributed by atoms with van der Waals surface area (Å²) in [5.74, 6) is 0.301. The highest BCUT2D eigenvalue weighted by molar-refractivity contribution is 5.80. The normalized spacial score (nSPS) is 11.3.